The largest absolute Gasteiger partial charge is 0.390 e. The zero-order chi connectivity index (χ0) is 9.42. The lowest BCUT2D eigenvalue weighted by atomic mass is 9.95. The summed E-state index contributed by atoms with van der Waals surface area (Å²) in [6.45, 7) is 0. The number of nitrogens with two attached hydrogens (primary N) is 2. The van der Waals surface area contributed by atoms with E-state index >= 15 is 0 Å². The second-order valence-electron chi connectivity index (χ2n) is 3.36. The number of anilines is 1. The molecule has 0 saturated heterocycles. The summed E-state index contributed by atoms with van der Waals surface area (Å²) in [6, 6.07) is 0. The quantitative estimate of drug-likeness (QED) is 0.469. The zero-order valence-electron chi connectivity index (χ0n) is 7.39. The fraction of sp³-hybridized carbons (Fsp3) is 0.444. The summed E-state index contributed by atoms with van der Waals surface area (Å²) < 4.78 is 0. The van der Waals surface area contributed by atoms with E-state index in [0.29, 0.717) is 0 Å². The second kappa shape index (κ2) is 3.03. The molecular formula is C9H13N3S. The lowest BCUT2D eigenvalue weighted by molar-refractivity contribution is 0.696. The Balaban J connectivity index is 2.54. The molecule has 0 aromatic carbocycles. The number of nitrogen functional groups attached to an aromatic ring is 2. The summed E-state index contributed by atoms with van der Waals surface area (Å²) in [5.74, 6) is 0.122. The van der Waals surface area contributed by atoms with Crippen LogP contribution in [0.5, 0.6) is 0 Å². The summed E-state index contributed by atoms with van der Waals surface area (Å²) in [5, 5.41) is 8.16. The maximum atomic E-state index is 7.44. The van der Waals surface area contributed by atoms with Gasteiger partial charge >= 0.3 is 0 Å². The van der Waals surface area contributed by atoms with Crippen LogP contribution in [0.1, 0.15) is 28.8 Å². The minimum atomic E-state index is 0.122. The van der Waals surface area contributed by atoms with Gasteiger partial charge in [-0.15, -0.1) is 11.3 Å². The van der Waals surface area contributed by atoms with E-state index in [1.807, 2.05) is 0 Å². The van der Waals surface area contributed by atoms with Gasteiger partial charge in [0.15, 0.2) is 0 Å². The minimum Gasteiger partial charge on any atom is -0.390 e. The minimum absolute atomic E-state index is 0.122. The fourth-order valence-electron chi connectivity index (χ4n) is 1.88. The van der Waals surface area contributed by atoms with Crippen molar-refractivity contribution in [2.45, 2.75) is 25.7 Å². The summed E-state index contributed by atoms with van der Waals surface area (Å²) >= 11 is 1.60. The Bertz CT molecular complexity index is 354. The van der Waals surface area contributed by atoms with Gasteiger partial charge in [0, 0.05) is 4.88 Å². The molecule has 0 spiro atoms. The Labute approximate surface area is 81.3 Å². The standard InChI is InChI=1S/C9H13N3S/c10-8(11)7-5-3-1-2-4-6(5)13-9(7)12/h1-4,12H2,(H3,10,11). The Morgan fingerprint density at radius 3 is 2.69 bits per heavy atom. The molecule has 4 heteroatoms. The highest BCUT2D eigenvalue weighted by Gasteiger charge is 2.20. The van der Waals surface area contributed by atoms with Crippen LogP contribution in [0.15, 0.2) is 0 Å². The highest BCUT2D eigenvalue weighted by Crippen LogP contribution is 2.35. The van der Waals surface area contributed by atoms with Gasteiger partial charge in [-0.05, 0) is 31.2 Å². The SMILES string of the molecule is N=C(N)c1c(N)sc2c1CCCC2. The van der Waals surface area contributed by atoms with Crippen LogP contribution in [-0.4, -0.2) is 5.84 Å². The first-order chi connectivity index (χ1) is 6.20. The highest BCUT2D eigenvalue weighted by atomic mass is 32.1. The topological polar surface area (TPSA) is 75.9 Å². The number of thiophene rings is 1. The zero-order valence-corrected chi connectivity index (χ0v) is 8.21. The number of nitrogens with one attached hydrogen (secondary N) is 1. The van der Waals surface area contributed by atoms with Crippen LogP contribution in [0.3, 0.4) is 0 Å². The van der Waals surface area contributed by atoms with Gasteiger partial charge in [-0.25, -0.2) is 0 Å². The Kier molecular flexibility index (Phi) is 2.00. The number of rotatable bonds is 1. The lowest BCUT2D eigenvalue weighted by Gasteiger charge is -2.11. The lowest BCUT2D eigenvalue weighted by Crippen LogP contribution is -2.15. The molecule has 0 fully saturated rings. The van der Waals surface area contributed by atoms with Crippen LogP contribution in [0.2, 0.25) is 0 Å². The van der Waals surface area contributed by atoms with Gasteiger partial charge in [0.25, 0.3) is 0 Å². The molecule has 0 amide bonds. The molecule has 1 aliphatic rings. The van der Waals surface area contributed by atoms with Crippen molar-refractivity contribution >= 4 is 22.2 Å². The summed E-state index contributed by atoms with van der Waals surface area (Å²) in [5.41, 5.74) is 13.4. The van der Waals surface area contributed by atoms with Gasteiger partial charge in [0.05, 0.1) is 10.6 Å². The van der Waals surface area contributed by atoms with Crippen LogP contribution in [0.25, 0.3) is 0 Å². The van der Waals surface area contributed by atoms with E-state index in [2.05, 4.69) is 0 Å². The summed E-state index contributed by atoms with van der Waals surface area (Å²) in [4.78, 5) is 1.34. The number of aryl methyl sites for hydroxylation is 1. The predicted octanol–water partition coefficient (Wildman–Crippen LogP) is 1.49. The summed E-state index contributed by atoms with van der Waals surface area (Å²) in [6.07, 6.45) is 4.59. The molecule has 0 unspecified atom stereocenters. The first kappa shape index (κ1) is 8.56. The van der Waals surface area contributed by atoms with Crippen molar-refractivity contribution in [3.63, 3.8) is 0 Å². The normalized spacial score (nSPS) is 15.4. The molecule has 1 aromatic rings. The third-order valence-corrected chi connectivity index (χ3v) is 3.59. The van der Waals surface area contributed by atoms with Gasteiger partial charge in [0.2, 0.25) is 0 Å². The number of fused-ring (bicyclic) bond motifs is 1. The van der Waals surface area contributed by atoms with E-state index in [1.165, 1.54) is 23.3 Å². The Hall–Kier alpha value is -1.03. The number of amidine groups is 1. The molecular weight excluding hydrogens is 182 g/mol. The van der Waals surface area contributed by atoms with Crippen molar-refractivity contribution in [1.29, 1.82) is 5.41 Å². The molecule has 1 aliphatic carbocycles. The van der Waals surface area contributed by atoms with Gasteiger partial charge in [0.1, 0.15) is 5.84 Å². The van der Waals surface area contributed by atoms with Crippen LogP contribution in [0.4, 0.5) is 5.00 Å². The van der Waals surface area contributed by atoms with E-state index < -0.39 is 0 Å². The van der Waals surface area contributed by atoms with Crippen molar-refractivity contribution < 1.29 is 0 Å². The summed E-state index contributed by atoms with van der Waals surface area (Å²) in [7, 11) is 0. The van der Waals surface area contributed by atoms with Gasteiger partial charge in [-0.1, -0.05) is 0 Å². The van der Waals surface area contributed by atoms with Crippen molar-refractivity contribution in [3.05, 3.63) is 16.0 Å². The Morgan fingerprint density at radius 2 is 2.00 bits per heavy atom. The van der Waals surface area contributed by atoms with Crippen LogP contribution >= 0.6 is 11.3 Å². The molecule has 2 rings (SSSR count). The molecule has 5 N–H and O–H groups in total. The smallest absolute Gasteiger partial charge is 0.126 e. The van der Waals surface area contributed by atoms with Gasteiger partial charge in [-0.3, -0.25) is 5.41 Å². The molecule has 0 aliphatic heterocycles. The fourth-order valence-corrected chi connectivity index (χ4v) is 3.06. The van der Waals surface area contributed by atoms with E-state index in [1.54, 1.807) is 11.3 Å². The number of hydrogen-bond acceptors (Lipinski definition) is 3. The van der Waals surface area contributed by atoms with Gasteiger partial charge in [-0.2, -0.15) is 0 Å². The molecule has 70 valence electrons. The molecule has 3 nitrogen and oxygen atoms in total. The van der Waals surface area contributed by atoms with Crippen molar-refractivity contribution in [3.8, 4) is 0 Å². The van der Waals surface area contributed by atoms with E-state index in [4.69, 9.17) is 16.9 Å². The molecule has 1 heterocycles. The average molecular weight is 195 g/mol. The van der Waals surface area contributed by atoms with Gasteiger partial charge < -0.3 is 11.5 Å². The van der Waals surface area contributed by atoms with Crippen molar-refractivity contribution in [1.82, 2.24) is 0 Å². The second-order valence-corrected chi connectivity index (χ2v) is 4.50. The monoisotopic (exact) mass is 195 g/mol. The third-order valence-electron chi connectivity index (χ3n) is 2.47. The van der Waals surface area contributed by atoms with Crippen LogP contribution in [-0.2, 0) is 12.8 Å². The first-order valence-corrected chi connectivity index (χ1v) is 5.26. The molecule has 1 aromatic heterocycles. The molecule has 0 bridgehead atoms. The average Bonchev–Trinajstić information content (AvgIpc) is 2.39. The van der Waals surface area contributed by atoms with Crippen molar-refractivity contribution in [2.75, 3.05) is 5.73 Å². The third kappa shape index (κ3) is 1.31. The first-order valence-electron chi connectivity index (χ1n) is 4.44. The maximum absolute atomic E-state index is 7.44. The Morgan fingerprint density at radius 1 is 1.31 bits per heavy atom. The van der Waals surface area contributed by atoms with E-state index in [0.717, 1.165) is 23.4 Å². The molecule has 13 heavy (non-hydrogen) atoms. The number of hydrogen-bond donors (Lipinski definition) is 3. The molecule has 0 saturated carbocycles. The van der Waals surface area contributed by atoms with Crippen LogP contribution in [0, 0.1) is 5.41 Å². The van der Waals surface area contributed by atoms with Crippen LogP contribution < -0.4 is 11.5 Å². The van der Waals surface area contributed by atoms with Crippen molar-refractivity contribution in [2.24, 2.45) is 5.73 Å². The maximum Gasteiger partial charge on any atom is 0.126 e. The molecule has 0 radical (unpaired) electrons. The molecule has 0 atom stereocenters. The highest BCUT2D eigenvalue weighted by molar-refractivity contribution is 7.16. The van der Waals surface area contributed by atoms with E-state index in [9.17, 15) is 0 Å². The van der Waals surface area contributed by atoms with E-state index in [-0.39, 0.29) is 5.84 Å². The predicted molar refractivity (Wildman–Crippen MR) is 56.4 cm³/mol.